The van der Waals surface area contributed by atoms with Crippen molar-refractivity contribution in [1.29, 1.82) is 0 Å². The number of piperidine rings is 1. The van der Waals surface area contributed by atoms with E-state index in [4.69, 9.17) is 0 Å². The zero-order valence-corrected chi connectivity index (χ0v) is 14.2. The van der Waals surface area contributed by atoms with Crippen molar-refractivity contribution in [2.24, 2.45) is 0 Å². The Balaban J connectivity index is 1.93. The molecule has 1 aliphatic heterocycles. The van der Waals surface area contributed by atoms with Gasteiger partial charge in [-0.3, -0.25) is 4.90 Å². The van der Waals surface area contributed by atoms with Gasteiger partial charge in [0.05, 0.1) is 6.04 Å². The minimum Gasteiger partial charge on any atom is -0.286 e. The van der Waals surface area contributed by atoms with Crippen molar-refractivity contribution in [1.82, 2.24) is 4.90 Å². The molecule has 1 heterocycles. The number of hydrogen-bond acceptors (Lipinski definition) is 1. The molecule has 1 fully saturated rings. The largest absolute Gasteiger partial charge is 0.286 e. The fourth-order valence-corrected chi connectivity index (χ4v) is 3.41. The lowest BCUT2D eigenvalue weighted by Crippen LogP contribution is -2.33. The molecule has 0 saturated carbocycles. The van der Waals surface area contributed by atoms with Gasteiger partial charge in [0.15, 0.2) is 0 Å². The van der Waals surface area contributed by atoms with Gasteiger partial charge in [0, 0.05) is 10.0 Å². The van der Waals surface area contributed by atoms with E-state index in [1.807, 2.05) is 18.2 Å². The topological polar surface area (TPSA) is 3.24 Å². The minimum absolute atomic E-state index is 0.163. The summed E-state index contributed by atoms with van der Waals surface area (Å²) in [5, 5.41) is 0. The van der Waals surface area contributed by atoms with E-state index in [0.717, 1.165) is 23.1 Å². The molecule has 0 aliphatic carbocycles. The number of rotatable bonds is 2. The van der Waals surface area contributed by atoms with Crippen LogP contribution >= 0.6 is 15.9 Å². The summed E-state index contributed by atoms with van der Waals surface area (Å²) in [5.74, 6) is 6.86. The molecule has 3 rings (SSSR count). The van der Waals surface area contributed by atoms with E-state index in [1.165, 1.54) is 24.8 Å². The number of nitrogens with zero attached hydrogens (tertiary/aromatic N) is 1. The average Bonchev–Trinajstić information content (AvgIpc) is 2.58. The predicted octanol–water partition coefficient (Wildman–Crippen LogP) is 5.03. The molecule has 1 saturated heterocycles. The fraction of sp³-hybridized carbons (Fsp3) is 0.300. The van der Waals surface area contributed by atoms with E-state index in [-0.39, 0.29) is 6.04 Å². The zero-order valence-electron chi connectivity index (χ0n) is 12.6. The van der Waals surface area contributed by atoms with Gasteiger partial charge in [-0.1, -0.05) is 70.6 Å². The third-order valence-corrected chi connectivity index (χ3v) is 4.80. The van der Waals surface area contributed by atoms with Crippen molar-refractivity contribution in [2.75, 3.05) is 13.1 Å². The summed E-state index contributed by atoms with van der Waals surface area (Å²) in [4.78, 5) is 2.51. The number of halogens is 1. The highest BCUT2D eigenvalue weighted by Gasteiger charge is 2.22. The third-order valence-electron chi connectivity index (χ3n) is 4.08. The van der Waals surface area contributed by atoms with Gasteiger partial charge in [0.25, 0.3) is 0 Å². The standard InChI is InChI=1S/C20H20BrN/c21-19-12-6-5-11-18(19)20(22-15-7-2-8-16-22)14-13-17-9-3-1-4-10-17/h1,3-6,9-12,20H,2,7-8,15-16H2. The van der Waals surface area contributed by atoms with Crippen LogP contribution in [0.15, 0.2) is 59.1 Å². The van der Waals surface area contributed by atoms with Crippen molar-refractivity contribution in [2.45, 2.75) is 25.3 Å². The van der Waals surface area contributed by atoms with Crippen LogP contribution in [0.3, 0.4) is 0 Å². The molecule has 22 heavy (non-hydrogen) atoms. The minimum atomic E-state index is 0.163. The Kier molecular flexibility index (Phi) is 5.32. The summed E-state index contributed by atoms with van der Waals surface area (Å²) in [6.45, 7) is 2.27. The van der Waals surface area contributed by atoms with Gasteiger partial charge < -0.3 is 0 Å². The molecular formula is C20H20BrN. The molecule has 1 atom stereocenters. The van der Waals surface area contributed by atoms with E-state index < -0.39 is 0 Å². The fourth-order valence-electron chi connectivity index (χ4n) is 2.91. The molecule has 0 amide bonds. The maximum atomic E-state index is 3.70. The Morgan fingerprint density at radius 2 is 1.55 bits per heavy atom. The predicted molar refractivity (Wildman–Crippen MR) is 95.6 cm³/mol. The van der Waals surface area contributed by atoms with Crippen LogP contribution < -0.4 is 0 Å². The monoisotopic (exact) mass is 353 g/mol. The van der Waals surface area contributed by atoms with E-state index >= 15 is 0 Å². The molecule has 2 aromatic rings. The van der Waals surface area contributed by atoms with Crippen LogP contribution in [0.5, 0.6) is 0 Å². The summed E-state index contributed by atoms with van der Waals surface area (Å²) >= 11 is 3.70. The summed E-state index contributed by atoms with van der Waals surface area (Å²) < 4.78 is 1.15. The highest BCUT2D eigenvalue weighted by atomic mass is 79.9. The first-order valence-electron chi connectivity index (χ1n) is 7.90. The first-order chi connectivity index (χ1) is 10.8. The highest BCUT2D eigenvalue weighted by Crippen LogP contribution is 2.29. The molecule has 2 heteroatoms. The molecule has 1 unspecified atom stereocenters. The normalized spacial score (nSPS) is 16.6. The number of hydrogen-bond donors (Lipinski definition) is 0. The molecule has 0 spiro atoms. The lowest BCUT2D eigenvalue weighted by atomic mass is 10.0. The summed E-state index contributed by atoms with van der Waals surface area (Å²) in [6, 6.07) is 18.9. The van der Waals surface area contributed by atoms with Crippen molar-refractivity contribution in [3.63, 3.8) is 0 Å². The number of likely N-dealkylation sites (tertiary alicyclic amines) is 1. The van der Waals surface area contributed by atoms with E-state index in [2.05, 4.69) is 69.1 Å². The Morgan fingerprint density at radius 1 is 0.864 bits per heavy atom. The van der Waals surface area contributed by atoms with Gasteiger partial charge in [-0.15, -0.1) is 0 Å². The van der Waals surface area contributed by atoms with Crippen LogP contribution in [0.1, 0.15) is 36.4 Å². The zero-order chi connectivity index (χ0) is 15.2. The summed E-state index contributed by atoms with van der Waals surface area (Å²) in [7, 11) is 0. The van der Waals surface area contributed by atoms with Crippen LogP contribution in [0.2, 0.25) is 0 Å². The Labute approximate surface area is 141 Å². The number of benzene rings is 2. The summed E-state index contributed by atoms with van der Waals surface area (Å²) in [6.07, 6.45) is 3.88. The molecule has 0 aromatic heterocycles. The van der Waals surface area contributed by atoms with Crippen LogP contribution in [0.4, 0.5) is 0 Å². The molecule has 0 N–H and O–H groups in total. The van der Waals surface area contributed by atoms with Gasteiger partial charge in [0.1, 0.15) is 0 Å². The first kappa shape index (κ1) is 15.3. The first-order valence-corrected chi connectivity index (χ1v) is 8.69. The van der Waals surface area contributed by atoms with E-state index in [0.29, 0.717) is 0 Å². The van der Waals surface area contributed by atoms with Crippen LogP contribution in [0, 0.1) is 11.8 Å². The maximum Gasteiger partial charge on any atom is 0.0985 e. The Morgan fingerprint density at radius 3 is 2.27 bits per heavy atom. The lowest BCUT2D eigenvalue weighted by molar-refractivity contribution is 0.197. The van der Waals surface area contributed by atoms with Crippen molar-refractivity contribution in [3.8, 4) is 11.8 Å². The molecule has 0 bridgehead atoms. The van der Waals surface area contributed by atoms with Crippen molar-refractivity contribution < 1.29 is 0 Å². The van der Waals surface area contributed by atoms with E-state index in [1.54, 1.807) is 0 Å². The quantitative estimate of drug-likeness (QED) is 0.684. The van der Waals surface area contributed by atoms with Gasteiger partial charge in [-0.2, -0.15) is 0 Å². The van der Waals surface area contributed by atoms with Gasteiger partial charge in [0.2, 0.25) is 0 Å². The van der Waals surface area contributed by atoms with Crippen LogP contribution in [0.25, 0.3) is 0 Å². The SMILES string of the molecule is Brc1ccccc1C(C#Cc1ccccc1)N1CCCCC1. The molecule has 1 aliphatic rings. The lowest BCUT2D eigenvalue weighted by Gasteiger charge is -2.32. The van der Waals surface area contributed by atoms with Crippen LogP contribution in [-0.2, 0) is 0 Å². The van der Waals surface area contributed by atoms with Gasteiger partial charge in [-0.05, 0) is 49.7 Å². The Hall–Kier alpha value is -1.56. The second-order valence-electron chi connectivity index (χ2n) is 5.66. The van der Waals surface area contributed by atoms with Gasteiger partial charge in [-0.25, -0.2) is 0 Å². The van der Waals surface area contributed by atoms with Crippen molar-refractivity contribution in [3.05, 3.63) is 70.2 Å². The van der Waals surface area contributed by atoms with Gasteiger partial charge >= 0.3 is 0 Å². The second-order valence-corrected chi connectivity index (χ2v) is 6.51. The average molecular weight is 354 g/mol. The Bertz CT molecular complexity index is 663. The molecular weight excluding hydrogens is 334 g/mol. The second kappa shape index (κ2) is 7.63. The van der Waals surface area contributed by atoms with Crippen molar-refractivity contribution >= 4 is 15.9 Å². The molecule has 112 valence electrons. The maximum absolute atomic E-state index is 3.70. The van der Waals surface area contributed by atoms with E-state index in [9.17, 15) is 0 Å². The molecule has 2 aromatic carbocycles. The molecule has 0 radical (unpaired) electrons. The highest BCUT2D eigenvalue weighted by molar-refractivity contribution is 9.10. The third kappa shape index (κ3) is 3.80. The van der Waals surface area contributed by atoms with Crippen LogP contribution in [-0.4, -0.2) is 18.0 Å². The molecule has 1 nitrogen and oxygen atoms in total. The smallest absolute Gasteiger partial charge is 0.0985 e. The summed E-state index contributed by atoms with van der Waals surface area (Å²) in [5.41, 5.74) is 2.35.